The lowest BCUT2D eigenvalue weighted by Crippen LogP contribution is -2.24. The highest BCUT2D eigenvalue weighted by Gasteiger charge is 2.40. The summed E-state index contributed by atoms with van der Waals surface area (Å²) < 4.78 is 24.3. The van der Waals surface area contributed by atoms with Gasteiger partial charge in [0, 0.05) is 16.7 Å². The molecule has 0 heterocycles. The van der Waals surface area contributed by atoms with Crippen molar-refractivity contribution in [1.82, 2.24) is 4.83 Å². The predicted octanol–water partition coefficient (Wildman–Crippen LogP) is 3.43. The Hall–Kier alpha value is -1.07. The molecule has 1 aromatic carbocycles. The van der Waals surface area contributed by atoms with Crippen LogP contribution in [-0.2, 0) is 10.0 Å². The highest BCUT2D eigenvalue weighted by Crippen LogP contribution is 2.48. The summed E-state index contributed by atoms with van der Waals surface area (Å²) in [6.07, 6.45) is 5.02. The number of hydrazone groups is 1. The zero-order valence-electron chi connectivity index (χ0n) is 11.9. The van der Waals surface area contributed by atoms with Crippen LogP contribution >= 0.6 is 11.6 Å². The fourth-order valence-electron chi connectivity index (χ4n) is 3.64. The van der Waals surface area contributed by atoms with Crippen molar-refractivity contribution in [2.24, 2.45) is 22.9 Å². The molecule has 4 nitrogen and oxygen atoms in total. The number of hydrogen-bond donors (Lipinski definition) is 1. The second-order valence-electron chi connectivity index (χ2n) is 6.08. The van der Waals surface area contributed by atoms with E-state index in [1.54, 1.807) is 12.1 Å². The topological polar surface area (TPSA) is 58.5 Å². The molecule has 3 rings (SSSR count). The van der Waals surface area contributed by atoms with Gasteiger partial charge in [0.05, 0.1) is 4.90 Å². The normalized spacial score (nSPS) is 28.9. The third-order valence-corrected chi connectivity index (χ3v) is 6.22. The minimum atomic E-state index is -3.61. The molecule has 3 atom stereocenters. The van der Waals surface area contributed by atoms with Crippen molar-refractivity contribution in [3.8, 4) is 0 Å². The Labute approximate surface area is 130 Å². The van der Waals surface area contributed by atoms with Gasteiger partial charge in [-0.05, 0) is 62.3 Å². The number of hydrogen-bond acceptors (Lipinski definition) is 3. The largest absolute Gasteiger partial charge is 0.276 e. The van der Waals surface area contributed by atoms with Gasteiger partial charge < -0.3 is 0 Å². The number of rotatable bonds is 4. The lowest BCUT2D eigenvalue weighted by atomic mass is 9.86. The van der Waals surface area contributed by atoms with Crippen molar-refractivity contribution in [2.75, 3.05) is 0 Å². The average Bonchev–Trinajstić information content (AvgIpc) is 3.08. The summed E-state index contributed by atoms with van der Waals surface area (Å²) in [6.45, 7) is 1.93. The van der Waals surface area contributed by atoms with E-state index in [9.17, 15) is 8.42 Å². The molecule has 3 unspecified atom stereocenters. The molecular formula is C15H19ClN2O2S. The van der Waals surface area contributed by atoms with Gasteiger partial charge >= 0.3 is 0 Å². The van der Waals surface area contributed by atoms with Gasteiger partial charge in [0.15, 0.2) is 0 Å². The maximum atomic E-state index is 12.2. The van der Waals surface area contributed by atoms with Crippen molar-refractivity contribution in [3.05, 3.63) is 29.3 Å². The Balaban J connectivity index is 1.71. The number of benzene rings is 1. The van der Waals surface area contributed by atoms with E-state index < -0.39 is 10.0 Å². The summed E-state index contributed by atoms with van der Waals surface area (Å²) in [6, 6.07) is 6.07. The second kappa shape index (κ2) is 5.61. The molecule has 2 saturated carbocycles. The van der Waals surface area contributed by atoms with E-state index in [1.165, 1.54) is 31.4 Å². The summed E-state index contributed by atoms with van der Waals surface area (Å²) in [5, 5.41) is 4.65. The predicted molar refractivity (Wildman–Crippen MR) is 83.8 cm³/mol. The van der Waals surface area contributed by atoms with Gasteiger partial charge in [-0.1, -0.05) is 18.0 Å². The first-order valence-electron chi connectivity index (χ1n) is 7.27. The number of fused-ring (bicyclic) bond motifs is 2. The van der Waals surface area contributed by atoms with Gasteiger partial charge in [0.25, 0.3) is 10.0 Å². The van der Waals surface area contributed by atoms with Gasteiger partial charge in [0.2, 0.25) is 0 Å². The Morgan fingerprint density at radius 1 is 1.24 bits per heavy atom. The molecule has 0 radical (unpaired) electrons. The SMILES string of the molecule is CC(=NNS(=O)(=O)c1ccc(Cl)cc1)C1CC2CCC1C2. The van der Waals surface area contributed by atoms with Crippen LogP contribution in [0, 0.1) is 17.8 Å². The fraction of sp³-hybridized carbons (Fsp3) is 0.533. The molecule has 0 aromatic heterocycles. The van der Waals surface area contributed by atoms with Crippen LogP contribution in [0.4, 0.5) is 0 Å². The molecule has 2 aliphatic carbocycles. The molecule has 0 spiro atoms. The smallest absolute Gasteiger partial charge is 0.200 e. The van der Waals surface area contributed by atoms with Crippen molar-refractivity contribution in [1.29, 1.82) is 0 Å². The quantitative estimate of drug-likeness (QED) is 0.680. The minimum Gasteiger partial charge on any atom is -0.200 e. The molecule has 2 fully saturated rings. The second-order valence-corrected chi connectivity index (χ2v) is 8.18. The standard InChI is InChI=1S/C15H19ClN2O2S/c1-10(15-9-11-2-3-12(15)8-11)17-18-21(19,20)14-6-4-13(16)5-7-14/h4-7,11-12,15,18H,2-3,8-9H2,1H3. The molecular weight excluding hydrogens is 308 g/mol. The third-order valence-electron chi connectivity index (χ3n) is 4.74. The van der Waals surface area contributed by atoms with E-state index in [-0.39, 0.29) is 4.90 Å². The monoisotopic (exact) mass is 326 g/mol. The Morgan fingerprint density at radius 3 is 2.52 bits per heavy atom. The Kier molecular flexibility index (Phi) is 3.97. The van der Waals surface area contributed by atoms with Crippen molar-refractivity contribution in [3.63, 3.8) is 0 Å². The lowest BCUT2D eigenvalue weighted by Gasteiger charge is -2.21. The number of halogens is 1. The average molecular weight is 327 g/mol. The highest BCUT2D eigenvalue weighted by atomic mass is 35.5. The van der Waals surface area contributed by atoms with Crippen LogP contribution in [0.25, 0.3) is 0 Å². The summed E-state index contributed by atoms with van der Waals surface area (Å²) >= 11 is 5.77. The van der Waals surface area contributed by atoms with Crippen LogP contribution in [-0.4, -0.2) is 14.1 Å². The van der Waals surface area contributed by atoms with Crippen molar-refractivity contribution < 1.29 is 8.42 Å². The summed E-state index contributed by atoms with van der Waals surface area (Å²) in [5.74, 6) is 1.95. The van der Waals surface area contributed by atoms with Crippen LogP contribution < -0.4 is 4.83 Å². The maximum absolute atomic E-state index is 12.2. The zero-order chi connectivity index (χ0) is 15.0. The first-order valence-corrected chi connectivity index (χ1v) is 9.13. The molecule has 1 N–H and O–H groups in total. The molecule has 2 aliphatic rings. The highest BCUT2D eigenvalue weighted by molar-refractivity contribution is 7.89. The maximum Gasteiger partial charge on any atom is 0.276 e. The first kappa shape index (κ1) is 14.9. The van der Waals surface area contributed by atoms with Crippen LogP contribution in [0.5, 0.6) is 0 Å². The van der Waals surface area contributed by atoms with Crippen LogP contribution in [0.2, 0.25) is 5.02 Å². The Bertz CT molecular complexity index is 655. The van der Waals surface area contributed by atoms with E-state index in [0.717, 1.165) is 18.1 Å². The lowest BCUT2D eigenvalue weighted by molar-refractivity contribution is 0.413. The first-order chi connectivity index (χ1) is 9.95. The number of nitrogens with one attached hydrogen (secondary N) is 1. The van der Waals surface area contributed by atoms with Crippen LogP contribution in [0.1, 0.15) is 32.6 Å². The van der Waals surface area contributed by atoms with Gasteiger partial charge in [-0.15, -0.1) is 0 Å². The fourth-order valence-corrected chi connectivity index (χ4v) is 4.63. The number of nitrogens with zero attached hydrogens (tertiary/aromatic N) is 1. The van der Waals surface area contributed by atoms with Gasteiger partial charge in [-0.2, -0.15) is 13.5 Å². The third kappa shape index (κ3) is 3.09. The van der Waals surface area contributed by atoms with Gasteiger partial charge in [-0.25, -0.2) is 4.83 Å². The molecule has 1 aromatic rings. The molecule has 0 saturated heterocycles. The van der Waals surface area contributed by atoms with Crippen molar-refractivity contribution in [2.45, 2.75) is 37.5 Å². The molecule has 0 aliphatic heterocycles. The zero-order valence-corrected chi connectivity index (χ0v) is 13.5. The molecule has 21 heavy (non-hydrogen) atoms. The van der Waals surface area contributed by atoms with E-state index in [1.807, 2.05) is 6.92 Å². The summed E-state index contributed by atoms with van der Waals surface area (Å²) in [5.41, 5.74) is 0.903. The van der Waals surface area contributed by atoms with Crippen LogP contribution in [0.15, 0.2) is 34.3 Å². The van der Waals surface area contributed by atoms with E-state index >= 15 is 0 Å². The molecule has 6 heteroatoms. The minimum absolute atomic E-state index is 0.177. The molecule has 2 bridgehead atoms. The Morgan fingerprint density at radius 2 is 1.95 bits per heavy atom. The molecule has 0 amide bonds. The van der Waals surface area contributed by atoms with E-state index in [4.69, 9.17) is 11.6 Å². The van der Waals surface area contributed by atoms with Crippen LogP contribution in [0.3, 0.4) is 0 Å². The van der Waals surface area contributed by atoms with Crippen molar-refractivity contribution >= 4 is 27.3 Å². The summed E-state index contributed by atoms with van der Waals surface area (Å²) in [7, 11) is -3.61. The van der Waals surface area contributed by atoms with Gasteiger partial charge in [-0.3, -0.25) is 0 Å². The van der Waals surface area contributed by atoms with E-state index in [2.05, 4.69) is 9.93 Å². The van der Waals surface area contributed by atoms with E-state index in [0.29, 0.717) is 16.9 Å². The van der Waals surface area contributed by atoms with Gasteiger partial charge in [0.1, 0.15) is 0 Å². The number of sulfonamides is 1. The molecule has 114 valence electrons. The summed E-state index contributed by atoms with van der Waals surface area (Å²) in [4.78, 5) is 2.53.